The Balaban J connectivity index is 1.72. The highest BCUT2D eigenvalue weighted by Crippen LogP contribution is 2.30. The predicted octanol–water partition coefficient (Wildman–Crippen LogP) is 4.60. The van der Waals surface area contributed by atoms with Crippen LogP contribution in [0.1, 0.15) is 23.6 Å². The molecule has 0 unspecified atom stereocenters. The normalized spacial score (nSPS) is 19.1. The van der Waals surface area contributed by atoms with Gasteiger partial charge in [-0.05, 0) is 54.3 Å². The third-order valence-corrected chi connectivity index (χ3v) is 7.02. The van der Waals surface area contributed by atoms with Gasteiger partial charge < -0.3 is 29.1 Å². The van der Waals surface area contributed by atoms with Gasteiger partial charge in [0.05, 0.1) is 39.0 Å². The molecule has 0 saturated carbocycles. The zero-order valence-corrected chi connectivity index (χ0v) is 23.1. The van der Waals surface area contributed by atoms with Crippen LogP contribution in [0.3, 0.4) is 0 Å². The topological polar surface area (TPSA) is 88.5 Å². The van der Waals surface area contributed by atoms with Crippen LogP contribution < -0.4 is 9.47 Å². The van der Waals surface area contributed by atoms with Crippen LogP contribution in [0.4, 0.5) is 4.79 Å². The van der Waals surface area contributed by atoms with E-state index in [0.717, 1.165) is 22.4 Å². The maximum absolute atomic E-state index is 14.2. The molecule has 3 aromatic carbocycles. The lowest BCUT2D eigenvalue weighted by atomic mass is 9.90. The number of aliphatic hydroxyl groups is 1. The molecule has 4 rings (SSSR count). The summed E-state index contributed by atoms with van der Waals surface area (Å²) in [6.07, 6.45) is 2.33. The Morgan fingerprint density at radius 3 is 1.90 bits per heavy atom. The van der Waals surface area contributed by atoms with E-state index in [1.54, 1.807) is 37.0 Å². The SMILES string of the molecule is CCOC(=O)/C=C/[C@@H]1[C@@H](O)[C@@H](Cc2ccccc2)N(Cc2ccc(OC)cc2)C(=O)N1Cc1ccc(OC)cc1. The lowest BCUT2D eigenvalue weighted by Gasteiger charge is -2.48. The number of carbonyl (C=O) groups excluding carboxylic acids is 2. The first-order valence-electron chi connectivity index (χ1n) is 13.3. The van der Waals surface area contributed by atoms with Gasteiger partial charge >= 0.3 is 12.0 Å². The molecule has 210 valence electrons. The molecule has 0 spiro atoms. The van der Waals surface area contributed by atoms with E-state index < -0.39 is 24.2 Å². The quantitative estimate of drug-likeness (QED) is 0.280. The van der Waals surface area contributed by atoms with Crippen molar-refractivity contribution in [3.8, 4) is 11.5 Å². The third kappa shape index (κ3) is 7.01. The number of urea groups is 1. The number of esters is 1. The number of rotatable bonds is 11. The second-order valence-corrected chi connectivity index (χ2v) is 9.58. The highest BCUT2D eigenvalue weighted by molar-refractivity contribution is 5.82. The van der Waals surface area contributed by atoms with E-state index in [4.69, 9.17) is 14.2 Å². The minimum atomic E-state index is -0.986. The minimum absolute atomic E-state index is 0.231. The summed E-state index contributed by atoms with van der Waals surface area (Å²) in [5.41, 5.74) is 2.77. The molecular formula is C32H36N2O6. The van der Waals surface area contributed by atoms with Gasteiger partial charge in [0.2, 0.25) is 0 Å². The van der Waals surface area contributed by atoms with Crippen LogP contribution in [0.15, 0.2) is 91.0 Å². The fourth-order valence-corrected chi connectivity index (χ4v) is 4.92. The lowest BCUT2D eigenvalue weighted by Crippen LogP contribution is -2.65. The molecular weight excluding hydrogens is 508 g/mol. The predicted molar refractivity (Wildman–Crippen MR) is 152 cm³/mol. The van der Waals surface area contributed by atoms with Crippen molar-refractivity contribution in [3.63, 3.8) is 0 Å². The molecule has 8 heteroatoms. The summed E-state index contributed by atoms with van der Waals surface area (Å²) in [5, 5.41) is 11.8. The average Bonchev–Trinajstić information content (AvgIpc) is 2.98. The molecule has 0 aromatic heterocycles. The zero-order valence-electron chi connectivity index (χ0n) is 23.1. The van der Waals surface area contributed by atoms with Gasteiger partial charge in [-0.25, -0.2) is 9.59 Å². The zero-order chi connectivity index (χ0) is 28.5. The van der Waals surface area contributed by atoms with Gasteiger partial charge in [-0.1, -0.05) is 60.7 Å². The van der Waals surface area contributed by atoms with Crippen molar-refractivity contribution in [3.05, 3.63) is 108 Å². The summed E-state index contributed by atoms with van der Waals surface area (Å²) in [5.74, 6) is 0.906. The van der Waals surface area contributed by atoms with Crippen LogP contribution in [0.5, 0.6) is 11.5 Å². The van der Waals surface area contributed by atoms with E-state index in [9.17, 15) is 14.7 Å². The molecule has 0 bridgehead atoms. The second-order valence-electron chi connectivity index (χ2n) is 9.58. The molecule has 3 atom stereocenters. The van der Waals surface area contributed by atoms with E-state index in [1.807, 2.05) is 78.9 Å². The van der Waals surface area contributed by atoms with E-state index in [0.29, 0.717) is 18.7 Å². The number of hydrogen-bond acceptors (Lipinski definition) is 6. The molecule has 8 nitrogen and oxygen atoms in total. The molecule has 40 heavy (non-hydrogen) atoms. The van der Waals surface area contributed by atoms with E-state index in [2.05, 4.69) is 0 Å². The first-order chi connectivity index (χ1) is 19.4. The van der Waals surface area contributed by atoms with E-state index in [-0.39, 0.29) is 19.2 Å². The van der Waals surface area contributed by atoms with Crippen molar-refractivity contribution in [1.82, 2.24) is 9.80 Å². The Labute approximate surface area is 235 Å². The number of ether oxygens (including phenoxy) is 3. The largest absolute Gasteiger partial charge is 0.497 e. The van der Waals surface area contributed by atoms with E-state index in [1.165, 1.54) is 6.08 Å². The molecule has 1 aliphatic rings. The number of hydrogen-bond donors (Lipinski definition) is 1. The number of carbonyl (C=O) groups is 2. The van der Waals surface area contributed by atoms with Crippen molar-refractivity contribution in [2.24, 2.45) is 0 Å². The monoisotopic (exact) mass is 544 g/mol. The van der Waals surface area contributed by atoms with Crippen LogP contribution >= 0.6 is 0 Å². The number of methoxy groups -OCH3 is 2. The molecule has 1 aliphatic heterocycles. The van der Waals surface area contributed by atoms with Crippen molar-refractivity contribution in [2.45, 2.75) is 44.6 Å². The molecule has 0 aliphatic carbocycles. The van der Waals surface area contributed by atoms with Gasteiger partial charge in [0, 0.05) is 19.2 Å². The Kier molecular flexibility index (Phi) is 9.81. The van der Waals surface area contributed by atoms with E-state index >= 15 is 0 Å². The smallest absolute Gasteiger partial charge is 0.330 e. The highest BCUT2D eigenvalue weighted by Gasteiger charge is 2.45. The highest BCUT2D eigenvalue weighted by atomic mass is 16.5. The summed E-state index contributed by atoms with van der Waals surface area (Å²) in [6.45, 7) is 2.49. The molecule has 3 aromatic rings. The van der Waals surface area contributed by atoms with Crippen LogP contribution in [-0.2, 0) is 29.0 Å². The number of nitrogens with zero attached hydrogens (tertiary/aromatic N) is 2. The first kappa shape index (κ1) is 28.7. The third-order valence-electron chi connectivity index (χ3n) is 7.02. The van der Waals surface area contributed by atoms with Crippen molar-refractivity contribution < 1.29 is 28.9 Å². The van der Waals surface area contributed by atoms with Gasteiger partial charge in [0.1, 0.15) is 11.5 Å². The average molecular weight is 545 g/mol. The van der Waals surface area contributed by atoms with Crippen molar-refractivity contribution in [2.75, 3.05) is 20.8 Å². The van der Waals surface area contributed by atoms with Gasteiger partial charge in [-0.2, -0.15) is 0 Å². The van der Waals surface area contributed by atoms with Crippen molar-refractivity contribution in [1.29, 1.82) is 0 Å². The fourth-order valence-electron chi connectivity index (χ4n) is 4.92. The molecule has 1 saturated heterocycles. The molecule has 1 fully saturated rings. The Morgan fingerprint density at radius 1 is 0.825 bits per heavy atom. The Bertz CT molecular complexity index is 1280. The standard InChI is InChI=1S/C32H36N2O6/c1-4-40-30(35)19-18-28-31(36)29(20-23-8-6-5-7-9-23)34(22-25-12-16-27(39-3)17-13-25)32(37)33(28)21-24-10-14-26(38-2)15-11-24/h5-19,28-29,31,36H,4,20-22H2,1-3H3/b19-18+/t28-,29-,31-/m1/s1. The van der Waals surface area contributed by atoms with Crippen molar-refractivity contribution >= 4 is 12.0 Å². The summed E-state index contributed by atoms with van der Waals surface area (Å²) < 4.78 is 15.6. The summed E-state index contributed by atoms with van der Waals surface area (Å²) in [7, 11) is 3.20. The van der Waals surface area contributed by atoms with Gasteiger partial charge in [-0.3, -0.25) is 0 Å². The maximum atomic E-state index is 14.2. The summed E-state index contributed by atoms with van der Waals surface area (Å²) >= 11 is 0. The molecule has 1 N–H and O–H groups in total. The first-order valence-corrected chi connectivity index (χ1v) is 13.3. The summed E-state index contributed by atoms with van der Waals surface area (Å²) in [6, 6.07) is 23.2. The number of benzene rings is 3. The van der Waals surface area contributed by atoms with Crippen LogP contribution in [-0.4, -0.2) is 65.9 Å². The molecule has 0 radical (unpaired) electrons. The molecule has 1 heterocycles. The fraction of sp³-hybridized carbons (Fsp3) is 0.312. The van der Waals surface area contributed by atoms with Crippen LogP contribution in [0.2, 0.25) is 0 Å². The van der Waals surface area contributed by atoms with Gasteiger partial charge in [0.15, 0.2) is 0 Å². The Hall–Kier alpha value is -4.30. The Morgan fingerprint density at radius 2 is 1.38 bits per heavy atom. The lowest BCUT2D eigenvalue weighted by molar-refractivity contribution is -0.137. The van der Waals surface area contributed by atoms with Crippen LogP contribution in [0, 0.1) is 0 Å². The minimum Gasteiger partial charge on any atom is -0.497 e. The summed E-state index contributed by atoms with van der Waals surface area (Å²) in [4.78, 5) is 29.8. The number of amides is 2. The second kappa shape index (κ2) is 13.7. The van der Waals surface area contributed by atoms with Gasteiger partial charge in [0.25, 0.3) is 0 Å². The number of aliphatic hydroxyl groups excluding tert-OH is 1. The van der Waals surface area contributed by atoms with Crippen LogP contribution in [0.25, 0.3) is 0 Å². The van der Waals surface area contributed by atoms with Gasteiger partial charge in [-0.15, -0.1) is 0 Å². The maximum Gasteiger partial charge on any atom is 0.330 e. The molecule has 2 amide bonds.